The summed E-state index contributed by atoms with van der Waals surface area (Å²) < 4.78 is 29.7. The van der Waals surface area contributed by atoms with E-state index in [0.717, 1.165) is 22.3 Å². The van der Waals surface area contributed by atoms with Gasteiger partial charge >= 0.3 is 11.9 Å². The van der Waals surface area contributed by atoms with E-state index in [2.05, 4.69) is 80.7 Å². The van der Waals surface area contributed by atoms with Crippen LogP contribution < -0.4 is 9.16 Å². The second kappa shape index (κ2) is 13.0. The minimum Gasteiger partial charge on any atom is -0.543 e. The topological polar surface area (TPSA) is 80.3 Å². The smallest absolute Gasteiger partial charge is 0.342 e. The number of ether oxygens (including phenoxy) is 3. The zero-order chi connectivity index (χ0) is 31.6. The summed E-state index contributed by atoms with van der Waals surface area (Å²) in [6.45, 7) is 26.8. The van der Waals surface area contributed by atoms with Gasteiger partial charge in [-0.05, 0) is 74.4 Å². The number of hydrogen-bond donors (Lipinski definition) is 0. The first-order chi connectivity index (χ1) is 18.7. The van der Waals surface area contributed by atoms with Crippen molar-refractivity contribution < 1.29 is 32.7 Å². The number of esters is 2. The van der Waals surface area contributed by atoms with Crippen molar-refractivity contribution in [1.82, 2.24) is 0 Å². The molecule has 9 heteroatoms. The van der Waals surface area contributed by atoms with Crippen LogP contribution in [0.1, 0.15) is 88.4 Å². The van der Waals surface area contributed by atoms with Crippen LogP contribution in [0.2, 0.25) is 36.3 Å². The molecule has 0 aliphatic carbocycles. The maximum atomic E-state index is 13.0. The quantitative estimate of drug-likeness (QED) is 0.135. The molecule has 0 radical (unpaired) electrons. The molecule has 41 heavy (non-hydrogen) atoms. The number of rotatable bonds is 12. The van der Waals surface area contributed by atoms with Gasteiger partial charge in [0.15, 0.2) is 8.32 Å². The van der Waals surface area contributed by atoms with Crippen molar-refractivity contribution in [2.45, 2.75) is 118 Å². The summed E-state index contributed by atoms with van der Waals surface area (Å²) >= 11 is 0. The van der Waals surface area contributed by atoms with Gasteiger partial charge in [0.25, 0.3) is 8.32 Å². The van der Waals surface area contributed by atoms with Crippen molar-refractivity contribution >= 4 is 28.6 Å². The summed E-state index contributed by atoms with van der Waals surface area (Å²) in [5.74, 6) is 0.652. The molecule has 0 bridgehead atoms. The Morgan fingerprint density at radius 1 is 1.00 bits per heavy atom. The molecule has 1 atom stereocenters. The van der Waals surface area contributed by atoms with Gasteiger partial charge in [-0.2, -0.15) is 0 Å². The second-order valence-electron chi connectivity index (χ2n) is 14.3. The van der Waals surface area contributed by atoms with Crippen LogP contribution in [0.4, 0.5) is 0 Å². The Hall–Kier alpha value is -2.11. The molecule has 232 valence electrons. The number of hydrogen-bond acceptors (Lipinski definition) is 7. The lowest BCUT2D eigenvalue weighted by Crippen LogP contribution is -2.44. The van der Waals surface area contributed by atoms with Gasteiger partial charge in [-0.15, -0.1) is 0 Å². The van der Waals surface area contributed by atoms with Gasteiger partial charge < -0.3 is 23.1 Å². The van der Waals surface area contributed by atoms with E-state index in [1.807, 2.05) is 6.92 Å². The molecule has 0 aromatic heterocycles. The fourth-order valence-corrected chi connectivity index (χ4v) is 6.51. The molecule has 1 aliphatic heterocycles. The van der Waals surface area contributed by atoms with E-state index in [1.54, 1.807) is 7.11 Å². The molecule has 0 N–H and O–H groups in total. The molecule has 0 spiro atoms. The molecule has 2 rings (SSSR count). The summed E-state index contributed by atoms with van der Waals surface area (Å²) in [5.41, 5.74) is 4.14. The maximum absolute atomic E-state index is 13.0. The van der Waals surface area contributed by atoms with E-state index in [9.17, 15) is 9.59 Å². The third-order valence-electron chi connectivity index (χ3n) is 9.44. The summed E-state index contributed by atoms with van der Waals surface area (Å²) in [6.07, 6.45) is 3.60. The number of methoxy groups -OCH3 is 2. The predicted molar refractivity (Wildman–Crippen MR) is 170 cm³/mol. The highest BCUT2D eigenvalue weighted by molar-refractivity contribution is 6.75. The van der Waals surface area contributed by atoms with Crippen LogP contribution in [0.5, 0.6) is 11.5 Å². The number of fused-ring (bicyclic) bond motifs is 1. The van der Waals surface area contributed by atoms with Crippen LogP contribution in [0.25, 0.3) is 0 Å². The van der Waals surface area contributed by atoms with Crippen LogP contribution in [0, 0.1) is 12.8 Å². The van der Waals surface area contributed by atoms with Gasteiger partial charge in [0.05, 0.1) is 20.6 Å². The number of cyclic esters (lactones) is 1. The number of allylic oxidation sites excluding steroid dienone is 2. The lowest BCUT2D eigenvalue weighted by Gasteiger charge is -2.38. The largest absolute Gasteiger partial charge is 0.543 e. The van der Waals surface area contributed by atoms with Gasteiger partial charge in [-0.25, -0.2) is 4.79 Å². The van der Waals surface area contributed by atoms with Crippen LogP contribution >= 0.6 is 0 Å². The van der Waals surface area contributed by atoms with Crippen molar-refractivity contribution in [2.75, 3.05) is 20.8 Å². The summed E-state index contributed by atoms with van der Waals surface area (Å²) in [7, 11) is -1.16. The first kappa shape index (κ1) is 35.1. The number of carbonyl (C=O) groups is 2. The molecule has 1 aliphatic rings. The van der Waals surface area contributed by atoms with E-state index in [1.165, 1.54) is 7.11 Å². The summed E-state index contributed by atoms with van der Waals surface area (Å²) in [5, 5.41) is 0.0404. The minimum atomic E-state index is -2.32. The standard InChI is InChI=1S/C32H54O7Si2/c1-21(23(19-26(33)35-9)17-18-38-40(11,12)31(3,4)5)15-16-24-28(36-10)22(2)25-20-37-30(34)27(25)29(24)39-41(13,14)32(6,7)8/h15,23H,16-20H2,1-14H3/b21-15+. The lowest BCUT2D eigenvalue weighted by atomic mass is 9.90. The van der Waals surface area contributed by atoms with Crippen LogP contribution in [-0.2, 0) is 31.7 Å². The lowest BCUT2D eigenvalue weighted by molar-refractivity contribution is -0.141. The zero-order valence-electron chi connectivity index (χ0n) is 28.0. The normalized spacial score (nSPS) is 15.4. The third kappa shape index (κ3) is 8.05. The second-order valence-corrected chi connectivity index (χ2v) is 23.8. The van der Waals surface area contributed by atoms with Gasteiger partial charge in [0.1, 0.15) is 23.7 Å². The Bertz CT molecular complexity index is 1150. The van der Waals surface area contributed by atoms with E-state index in [0.29, 0.717) is 36.5 Å². The molecule has 1 aromatic carbocycles. The Morgan fingerprint density at radius 2 is 1.59 bits per heavy atom. The third-order valence-corrected chi connectivity index (χ3v) is 18.3. The molecule has 1 unspecified atom stereocenters. The van der Waals surface area contributed by atoms with E-state index >= 15 is 0 Å². The molecule has 1 aromatic rings. The first-order valence-electron chi connectivity index (χ1n) is 14.6. The molecule has 1 heterocycles. The molecular weight excluding hydrogens is 553 g/mol. The van der Waals surface area contributed by atoms with Crippen LogP contribution in [0.3, 0.4) is 0 Å². The molecular formula is C32H54O7Si2. The molecule has 0 saturated carbocycles. The maximum Gasteiger partial charge on any atom is 0.342 e. The highest BCUT2D eigenvalue weighted by Gasteiger charge is 2.42. The fraction of sp³-hybridized carbons (Fsp3) is 0.688. The average Bonchev–Trinajstić information content (AvgIpc) is 3.23. The Kier molecular flexibility index (Phi) is 11.2. The Morgan fingerprint density at radius 3 is 2.10 bits per heavy atom. The average molecular weight is 607 g/mol. The minimum absolute atomic E-state index is 0.0385. The van der Waals surface area contributed by atoms with Crippen LogP contribution in [0.15, 0.2) is 11.6 Å². The highest BCUT2D eigenvalue weighted by atomic mass is 28.4. The Balaban J connectivity index is 2.53. The Labute approximate surface area is 250 Å². The molecule has 0 saturated heterocycles. The molecule has 7 nitrogen and oxygen atoms in total. The van der Waals surface area contributed by atoms with E-state index < -0.39 is 16.6 Å². The summed E-state index contributed by atoms with van der Waals surface area (Å²) in [4.78, 5) is 25.4. The number of benzene rings is 1. The van der Waals surface area contributed by atoms with E-state index in [-0.39, 0.29) is 41.0 Å². The monoisotopic (exact) mass is 606 g/mol. The van der Waals surface area contributed by atoms with Crippen molar-refractivity contribution in [1.29, 1.82) is 0 Å². The highest BCUT2D eigenvalue weighted by Crippen LogP contribution is 2.46. The van der Waals surface area contributed by atoms with Gasteiger partial charge in [0, 0.05) is 17.7 Å². The number of carbonyl (C=O) groups excluding carboxylic acids is 2. The van der Waals surface area contributed by atoms with Gasteiger partial charge in [0.2, 0.25) is 0 Å². The summed E-state index contributed by atoms with van der Waals surface area (Å²) in [6, 6.07) is 0. The molecule has 0 amide bonds. The first-order valence-corrected chi connectivity index (χ1v) is 20.5. The predicted octanol–water partition coefficient (Wildman–Crippen LogP) is 8.14. The van der Waals surface area contributed by atoms with Crippen molar-refractivity contribution in [2.24, 2.45) is 5.92 Å². The van der Waals surface area contributed by atoms with E-state index in [4.69, 9.17) is 23.1 Å². The molecule has 0 fully saturated rings. The zero-order valence-corrected chi connectivity index (χ0v) is 30.0. The van der Waals surface area contributed by atoms with Crippen molar-refractivity contribution in [3.63, 3.8) is 0 Å². The van der Waals surface area contributed by atoms with Crippen molar-refractivity contribution in [3.8, 4) is 11.5 Å². The fourth-order valence-electron chi connectivity index (χ4n) is 4.41. The van der Waals surface area contributed by atoms with Crippen molar-refractivity contribution in [3.05, 3.63) is 33.9 Å². The van der Waals surface area contributed by atoms with Gasteiger partial charge in [-0.3, -0.25) is 4.79 Å². The van der Waals surface area contributed by atoms with Crippen LogP contribution in [-0.4, -0.2) is 49.4 Å². The van der Waals surface area contributed by atoms with Gasteiger partial charge in [-0.1, -0.05) is 53.2 Å². The SMILES string of the molecule is COC(=O)CC(CCO[Si](C)(C)C(C)(C)C)/C(C)=C/Cc1c(OC)c(C)c2c(c1O[Si](C)(C)C(C)(C)C)C(=O)OC2.